The first kappa shape index (κ1) is 16.8. The van der Waals surface area contributed by atoms with E-state index in [1.807, 2.05) is 6.07 Å². The zero-order valence-corrected chi connectivity index (χ0v) is 8.39. The van der Waals surface area contributed by atoms with E-state index in [1.165, 1.54) is 0 Å². The zero-order valence-electron chi connectivity index (χ0n) is 7.57. The quantitative estimate of drug-likeness (QED) is 0.402. The number of unbranched alkanes of at least 4 members (excludes halogenated alkanes) is 5. The average Bonchev–Trinajstić information content (AvgIpc) is 2.01. The fourth-order valence-corrected chi connectivity index (χ4v) is 1.59. The van der Waals surface area contributed by atoms with Gasteiger partial charge in [0.2, 0.25) is 0 Å². The first-order valence-corrected chi connectivity index (χ1v) is 5.99. The summed E-state index contributed by atoms with van der Waals surface area (Å²) in [6, 6.07) is 2.05. The topological polar surface area (TPSA) is 78.2 Å². The summed E-state index contributed by atoms with van der Waals surface area (Å²) in [5.41, 5.74) is 0. The maximum absolute atomic E-state index is 10.3. The third-order valence-corrected chi connectivity index (χ3v) is 2.50. The molecule has 0 aromatic carbocycles. The van der Waals surface area contributed by atoms with Crippen LogP contribution < -0.4 is 0 Å². The molecular weight excluding hydrogens is 213 g/mol. The molecule has 0 atom stereocenters. The maximum atomic E-state index is 10.3. The monoisotopic (exact) mass is 229 g/mol. The minimum atomic E-state index is -3.77. The van der Waals surface area contributed by atoms with Gasteiger partial charge < -0.3 is 0 Å². The molecule has 0 spiro atoms. The summed E-state index contributed by atoms with van der Waals surface area (Å²) in [4.78, 5) is 0. The van der Waals surface area contributed by atoms with Crippen LogP contribution in [0, 0.1) is 11.3 Å². The van der Waals surface area contributed by atoms with Gasteiger partial charge in [-0.25, -0.2) is 0 Å². The van der Waals surface area contributed by atoms with Crippen LogP contribution >= 0.6 is 0 Å². The Bertz CT molecular complexity index is 258. The van der Waals surface area contributed by atoms with Gasteiger partial charge in [-0.05, 0) is 12.8 Å². The van der Waals surface area contributed by atoms with Crippen molar-refractivity contribution in [3.63, 3.8) is 0 Å². The molecule has 0 aliphatic carbocycles. The molecule has 0 radical (unpaired) electrons. The van der Waals surface area contributed by atoms with Gasteiger partial charge >= 0.3 is 29.6 Å². The van der Waals surface area contributed by atoms with Crippen molar-refractivity contribution >= 4 is 39.7 Å². The number of hydrogen-bond acceptors (Lipinski definition) is 3. The predicted molar refractivity (Wildman–Crippen MR) is 56.9 cm³/mol. The molecule has 0 aliphatic heterocycles. The van der Waals surface area contributed by atoms with E-state index in [0.29, 0.717) is 12.8 Å². The molecular formula is C8H16NNaO3S. The first-order chi connectivity index (χ1) is 6.06. The van der Waals surface area contributed by atoms with Crippen molar-refractivity contribution in [1.82, 2.24) is 0 Å². The van der Waals surface area contributed by atoms with E-state index < -0.39 is 10.1 Å². The third-order valence-electron chi connectivity index (χ3n) is 1.69. The van der Waals surface area contributed by atoms with E-state index in [9.17, 15) is 8.42 Å². The van der Waals surface area contributed by atoms with E-state index in [2.05, 4.69) is 0 Å². The number of hydrogen-bond donors (Lipinski definition) is 1. The van der Waals surface area contributed by atoms with Crippen LogP contribution in [-0.2, 0) is 10.1 Å². The molecule has 0 amide bonds. The molecule has 0 unspecified atom stereocenters. The van der Waals surface area contributed by atoms with Crippen molar-refractivity contribution in [2.45, 2.75) is 38.5 Å². The number of nitrogens with zero attached hydrogens (tertiary/aromatic N) is 1. The zero-order chi connectivity index (χ0) is 10.2. The summed E-state index contributed by atoms with van der Waals surface area (Å²) in [7, 11) is -3.77. The Kier molecular flexibility index (Phi) is 11.9. The SMILES string of the molecule is N#CCCCCCCCS(=O)(=O)O.[NaH]. The van der Waals surface area contributed by atoms with Gasteiger partial charge in [0.05, 0.1) is 11.8 Å². The molecule has 78 valence electrons. The van der Waals surface area contributed by atoms with Crippen LogP contribution in [0.3, 0.4) is 0 Å². The summed E-state index contributed by atoms with van der Waals surface area (Å²) < 4.78 is 28.9. The van der Waals surface area contributed by atoms with Gasteiger partial charge in [0, 0.05) is 6.42 Å². The molecule has 14 heavy (non-hydrogen) atoms. The van der Waals surface area contributed by atoms with E-state index in [-0.39, 0.29) is 35.3 Å². The van der Waals surface area contributed by atoms with Crippen LogP contribution in [0.1, 0.15) is 38.5 Å². The van der Waals surface area contributed by atoms with Crippen molar-refractivity contribution in [3.8, 4) is 6.07 Å². The van der Waals surface area contributed by atoms with Crippen LogP contribution in [-0.4, -0.2) is 48.3 Å². The van der Waals surface area contributed by atoms with E-state index in [4.69, 9.17) is 9.81 Å². The molecule has 0 heterocycles. The molecule has 0 aliphatic rings. The third kappa shape index (κ3) is 14.9. The molecule has 0 aromatic rings. The van der Waals surface area contributed by atoms with Crippen molar-refractivity contribution in [2.24, 2.45) is 0 Å². The Morgan fingerprint density at radius 2 is 1.57 bits per heavy atom. The van der Waals surface area contributed by atoms with Crippen LogP contribution in [0.25, 0.3) is 0 Å². The molecule has 0 fully saturated rings. The van der Waals surface area contributed by atoms with Crippen molar-refractivity contribution in [2.75, 3.05) is 5.75 Å². The standard InChI is InChI=1S/C8H15NO3S.Na.H/c9-7-5-3-1-2-4-6-8-13(10,11)12;;/h1-6,8H2,(H,10,11,12);;. The molecule has 4 nitrogen and oxygen atoms in total. The Hall–Kier alpha value is 0.400. The Balaban J connectivity index is 0. The van der Waals surface area contributed by atoms with Gasteiger partial charge in [-0.15, -0.1) is 0 Å². The van der Waals surface area contributed by atoms with Crippen LogP contribution in [0.2, 0.25) is 0 Å². The molecule has 0 aromatic heterocycles. The van der Waals surface area contributed by atoms with Gasteiger partial charge in [-0.2, -0.15) is 13.7 Å². The van der Waals surface area contributed by atoms with Crippen LogP contribution in [0.5, 0.6) is 0 Å². The average molecular weight is 229 g/mol. The summed E-state index contributed by atoms with van der Waals surface area (Å²) in [5.74, 6) is -0.148. The van der Waals surface area contributed by atoms with Gasteiger partial charge in [-0.1, -0.05) is 19.3 Å². The summed E-state index contributed by atoms with van der Waals surface area (Å²) in [5, 5.41) is 8.21. The van der Waals surface area contributed by atoms with E-state index in [0.717, 1.165) is 25.7 Å². The number of nitriles is 1. The summed E-state index contributed by atoms with van der Waals surface area (Å²) in [6.07, 6.45) is 4.63. The van der Waals surface area contributed by atoms with Crippen LogP contribution in [0.4, 0.5) is 0 Å². The molecule has 0 saturated heterocycles. The Morgan fingerprint density at radius 1 is 1.07 bits per heavy atom. The van der Waals surface area contributed by atoms with Crippen LogP contribution in [0.15, 0.2) is 0 Å². The fourth-order valence-electron chi connectivity index (χ4n) is 1.02. The first-order valence-electron chi connectivity index (χ1n) is 4.38. The predicted octanol–water partition coefficient (Wildman–Crippen LogP) is 1.09. The fraction of sp³-hybridized carbons (Fsp3) is 0.875. The van der Waals surface area contributed by atoms with Gasteiger partial charge in [-0.3, -0.25) is 4.55 Å². The van der Waals surface area contributed by atoms with E-state index in [1.54, 1.807) is 0 Å². The van der Waals surface area contributed by atoms with Crippen molar-refractivity contribution in [1.29, 1.82) is 5.26 Å². The van der Waals surface area contributed by atoms with Gasteiger partial charge in [0.15, 0.2) is 0 Å². The minimum absolute atomic E-state index is 0. The summed E-state index contributed by atoms with van der Waals surface area (Å²) in [6.45, 7) is 0. The second-order valence-corrected chi connectivity index (χ2v) is 4.53. The molecule has 6 heteroatoms. The van der Waals surface area contributed by atoms with Gasteiger partial charge in [0.1, 0.15) is 0 Å². The van der Waals surface area contributed by atoms with E-state index >= 15 is 0 Å². The normalized spacial score (nSPS) is 10.3. The van der Waals surface area contributed by atoms with Crippen molar-refractivity contribution in [3.05, 3.63) is 0 Å². The Morgan fingerprint density at radius 3 is 2.07 bits per heavy atom. The van der Waals surface area contributed by atoms with Gasteiger partial charge in [0.25, 0.3) is 10.1 Å². The molecule has 0 bridgehead atoms. The molecule has 0 saturated carbocycles. The Labute approximate surface area is 108 Å². The molecule has 0 rings (SSSR count). The van der Waals surface area contributed by atoms with Crippen molar-refractivity contribution < 1.29 is 13.0 Å². The number of rotatable bonds is 7. The second kappa shape index (κ2) is 9.94. The second-order valence-electron chi connectivity index (χ2n) is 2.96. The molecule has 1 N–H and O–H groups in total. The summed E-state index contributed by atoms with van der Waals surface area (Å²) >= 11 is 0.